The smallest absolute Gasteiger partial charge is 0.272 e. The van der Waals surface area contributed by atoms with Crippen LogP contribution in [0.3, 0.4) is 0 Å². The summed E-state index contributed by atoms with van der Waals surface area (Å²) in [6.45, 7) is 1.42. The molecule has 1 aliphatic heterocycles. The molecular weight excluding hydrogens is 404 g/mol. The summed E-state index contributed by atoms with van der Waals surface area (Å²) in [6, 6.07) is 11.5. The van der Waals surface area contributed by atoms with E-state index >= 15 is 0 Å². The lowest BCUT2D eigenvalue weighted by Crippen LogP contribution is -2.37. The van der Waals surface area contributed by atoms with E-state index in [-0.39, 0.29) is 17.3 Å². The van der Waals surface area contributed by atoms with Gasteiger partial charge in [0, 0.05) is 52.0 Å². The minimum absolute atomic E-state index is 0.146. The van der Waals surface area contributed by atoms with Crippen molar-refractivity contribution >= 4 is 15.9 Å². The Hall–Kier alpha value is -2.98. The van der Waals surface area contributed by atoms with Crippen LogP contribution in [0.2, 0.25) is 0 Å². The van der Waals surface area contributed by atoms with Gasteiger partial charge in [-0.3, -0.25) is 14.2 Å². The zero-order chi connectivity index (χ0) is 21.3. The molecule has 4 rings (SSSR count). The highest BCUT2D eigenvalue weighted by Crippen LogP contribution is 2.21. The maximum Gasteiger partial charge on any atom is 0.272 e. The van der Waals surface area contributed by atoms with Crippen LogP contribution >= 0.6 is 0 Å². The van der Waals surface area contributed by atoms with E-state index in [1.165, 1.54) is 21.4 Å². The third-order valence-electron chi connectivity index (χ3n) is 5.23. The molecule has 0 bridgehead atoms. The minimum Gasteiger partial charge on any atom is -0.336 e. The number of benzene rings is 1. The van der Waals surface area contributed by atoms with Crippen LogP contribution in [-0.4, -0.2) is 69.3 Å². The maximum absolute atomic E-state index is 13.1. The summed E-state index contributed by atoms with van der Waals surface area (Å²) in [7, 11) is -0.197. The first-order valence-corrected chi connectivity index (χ1v) is 11.2. The second-order valence-corrected chi connectivity index (χ2v) is 9.24. The van der Waals surface area contributed by atoms with Crippen LogP contribution in [0.1, 0.15) is 16.9 Å². The second-order valence-electron chi connectivity index (χ2n) is 7.30. The zero-order valence-corrected chi connectivity index (χ0v) is 17.8. The number of carbonyl (C=O) groups is 1. The van der Waals surface area contributed by atoms with Crippen molar-refractivity contribution in [2.75, 3.05) is 26.2 Å². The van der Waals surface area contributed by atoms with Crippen molar-refractivity contribution in [3.8, 4) is 11.3 Å². The number of aromatic nitrogens is 4. The number of amides is 1. The van der Waals surface area contributed by atoms with Crippen LogP contribution in [0, 0.1) is 0 Å². The molecule has 0 N–H and O–H groups in total. The molecule has 0 spiro atoms. The van der Waals surface area contributed by atoms with Gasteiger partial charge in [-0.2, -0.15) is 14.5 Å². The molecule has 0 saturated carbocycles. The van der Waals surface area contributed by atoms with Gasteiger partial charge in [0.15, 0.2) is 0 Å². The van der Waals surface area contributed by atoms with Crippen molar-refractivity contribution in [1.82, 2.24) is 28.8 Å². The zero-order valence-electron chi connectivity index (χ0n) is 17.0. The lowest BCUT2D eigenvalue weighted by atomic mass is 10.1. The molecular formula is C20H24N6O3S. The maximum atomic E-state index is 13.1. The van der Waals surface area contributed by atoms with Crippen LogP contribution in [0.25, 0.3) is 11.3 Å². The predicted molar refractivity (Wildman–Crippen MR) is 111 cm³/mol. The summed E-state index contributed by atoms with van der Waals surface area (Å²) in [5, 5.41) is 8.43. The highest BCUT2D eigenvalue weighted by Gasteiger charge is 2.30. The largest absolute Gasteiger partial charge is 0.336 e. The van der Waals surface area contributed by atoms with Gasteiger partial charge in [0.05, 0.1) is 11.9 Å². The predicted octanol–water partition coefficient (Wildman–Crippen LogP) is 1.36. The number of sulfonamides is 1. The van der Waals surface area contributed by atoms with Crippen LogP contribution in [-0.2, 0) is 24.1 Å². The standard InChI is InChI=1S/C20H24N6O3S/c1-23-15-17(14-21-23)30(28,29)26-10-6-9-25(11-12-26)20(27)19-13-18(22-24(19)2)16-7-4-3-5-8-16/h3-5,7-8,13-15H,6,9-12H2,1-2H3. The quantitative estimate of drug-likeness (QED) is 0.626. The number of nitrogens with zero attached hydrogens (tertiary/aromatic N) is 6. The fraction of sp³-hybridized carbons (Fsp3) is 0.350. The molecule has 9 nitrogen and oxygen atoms in total. The number of hydrogen-bond donors (Lipinski definition) is 0. The number of rotatable bonds is 4. The van der Waals surface area contributed by atoms with Crippen LogP contribution in [0.4, 0.5) is 0 Å². The SMILES string of the molecule is Cn1cc(S(=O)(=O)N2CCCN(C(=O)c3cc(-c4ccccc4)nn3C)CC2)cn1. The Bertz CT molecular complexity index is 1150. The highest BCUT2D eigenvalue weighted by atomic mass is 32.2. The molecule has 0 aliphatic carbocycles. The third-order valence-corrected chi connectivity index (χ3v) is 7.08. The molecule has 1 amide bonds. The molecule has 3 heterocycles. The van der Waals surface area contributed by atoms with E-state index in [0.29, 0.717) is 31.7 Å². The molecule has 1 aliphatic rings. The summed E-state index contributed by atoms with van der Waals surface area (Å²) in [5.41, 5.74) is 2.16. The van der Waals surface area contributed by atoms with Gasteiger partial charge in [-0.15, -0.1) is 0 Å². The molecule has 0 unspecified atom stereocenters. The number of hydrogen-bond acceptors (Lipinski definition) is 5. The lowest BCUT2D eigenvalue weighted by molar-refractivity contribution is 0.0753. The number of aryl methyl sites for hydroxylation is 2. The van der Waals surface area contributed by atoms with E-state index in [1.807, 2.05) is 30.3 Å². The van der Waals surface area contributed by atoms with E-state index in [9.17, 15) is 13.2 Å². The minimum atomic E-state index is -3.62. The van der Waals surface area contributed by atoms with E-state index in [1.54, 1.807) is 29.7 Å². The van der Waals surface area contributed by atoms with Gasteiger partial charge in [0.2, 0.25) is 10.0 Å². The van der Waals surface area contributed by atoms with E-state index in [4.69, 9.17) is 0 Å². The summed E-state index contributed by atoms with van der Waals surface area (Å²) in [5.74, 6) is -0.146. The Morgan fingerprint density at radius 1 is 1.03 bits per heavy atom. The Kier molecular flexibility index (Phi) is 5.44. The molecule has 10 heteroatoms. The van der Waals surface area contributed by atoms with Gasteiger partial charge in [-0.05, 0) is 12.5 Å². The Morgan fingerprint density at radius 3 is 2.50 bits per heavy atom. The van der Waals surface area contributed by atoms with Crippen molar-refractivity contribution in [2.24, 2.45) is 14.1 Å². The summed E-state index contributed by atoms with van der Waals surface area (Å²) in [4.78, 5) is 15.0. The summed E-state index contributed by atoms with van der Waals surface area (Å²) >= 11 is 0. The molecule has 0 radical (unpaired) electrons. The molecule has 1 fully saturated rings. The Morgan fingerprint density at radius 2 is 1.80 bits per heavy atom. The van der Waals surface area contributed by atoms with Gasteiger partial charge in [-0.25, -0.2) is 8.42 Å². The van der Waals surface area contributed by atoms with Gasteiger partial charge >= 0.3 is 0 Å². The Balaban J connectivity index is 1.50. The third kappa shape index (κ3) is 3.88. The monoisotopic (exact) mass is 428 g/mol. The van der Waals surface area contributed by atoms with Gasteiger partial charge < -0.3 is 4.90 Å². The van der Waals surface area contributed by atoms with Crippen LogP contribution in [0.15, 0.2) is 53.7 Å². The van der Waals surface area contributed by atoms with Crippen molar-refractivity contribution in [3.05, 3.63) is 54.5 Å². The molecule has 2 aromatic heterocycles. The van der Waals surface area contributed by atoms with Crippen molar-refractivity contribution in [1.29, 1.82) is 0 Å². The highest BCUT2D eigenvalue weighted by molar-refractivity contribution is 7.89. The van der Waals surface area contributed by atoms with Gasteiger partial charge in [0.25, 0.3) is 5.91 Å². The second kappa shape index (κ2) is 8.04. The topological polar surface area (TPSA) is 93.3 Å². The van der Waals surface area contributed by atoms with Crippen LogP contribution < -0.4 is 0 Å². The first-order valence-electron chi connectivity index (χ1n) is 9.74. The summed E-state index contributed by atoms with van der Waals surface area (Å²) < 4.78 is 30.2. The number of carbonyl (C=O) groups excluding carboxylic acids is 1. The van der Waals surface area contributed by atoms with E-state index in [0.717, 1.165) is 11.3 Å². The van der Waals surface area contributed by atoms with Crippen molar-refractivity contribution in [3.63, 3.8) is 0 Å². The fourth-order valence-electron chi connectivity index (χ4n) is 3.60. The van der Waals surface area contributed by atoms with Crippen molar-refractivity contribution < 1.29 is 13.2 Å². The normalized spacial score (nSPS) is 15.9. The molecule has 1 saturated heterocycles. The lowest BCUT2D eigenvalue weighted by Gasteiger charge is -2.21. The molecule has 30 heavy (non-hydrogen) atoms. The first-order chi connectivity index (χ1) is 14.4. The molecule has 3 aromatic rings. The fourth-order valence-corrected chi connectivity index (χ4v) is 5.05. The average molecular weight is 429 g/mol. The molecule has 1 aromatic carbocycles. The van der Waals surface area contributed by atoms with E-state index < -0.39 is 10.0 Å². The average Bonchev–Trinajstić information content (AvgIpc) is 3.25. The van der Waals surface area contributed by atoms with Gasteiger partial charge in [0.1, 0.15) is 10.6 Å². The molecule has 0 atom stereocenters. The first kappa shape index (κ1) is 20.3. The molecule has 158 valence electrons. The van der Waals surface area contributed by atoms with Crippen molar-refractivity contribution in [2.45, 2.75) is 11.3 Å². The Labute approximate surface area is 175 Å². The summed E-state index contributed by atoms with van der Waals surface area (Å²) in [6.07, 6.45) is 3.41. The van der Waals surface area contributed by atoms with Gasteiger partial charge in [-0.1, -0.05) is 30.3 Å². The van der Waals surface area contributed by atoms with Crippen LogP contribution in [0.5, 0.6) is 0 Å². The van der Waals surface area contributed by atoms with E-state index in [2.05, 4.69) is 10.2 Å².